The van der Waals surface area contributed by atoms with E-state index in [0.29, 0.717) is 18.8 Å². The molecular weight excluding hydrogens is 309 g/mol. The highest BCUT2D eigenvalue weighted by atomic mass is 35.5. The first-order valence-corrected chi connectivity index (χ1v) is 7.46. The summed E-state index contributed by atoms with van der Waals surface area (Å²) in [5, 5.41) is 2.84. The highest BCUT2D eigenvalue weighted by molar-refractivity contribution is 6.30. The van der Waals surface area contributed by atoms with E-state index >= 15 is 0 Å². The zero-order valence-electron chi connectivity index (χ0n) is 12.6. The van der Waals surface area contributed by atoms with Crippen molar-refractivity contribution in [1.29, 1.82) is 0 Å². The zero-order chi connectivity index (χ0) is 16.3. The number of amides is 3. The van der Waals surface area contributed by atoms with E-state index in [9.17, 15) is 14.0 Å². The molecule has 7 heteroatoms. The predicted octanol–water partition coefficient (Wildman–Crippen LogP) is 2.81. The van der Waals surface area contributed by atoms with Gasteiger partial charge in [-0.15, -0.1) is 0 Å². The topological polar surface area (TPSA) is 52.7 Å². The maximum atomic E-state index is 13.2. The molecule has 0 unspecified atom stereocenters. The van der Waals surface area contributed by atoms with Crippen molar-refractivity contribution in [2.24, 2.45) is 5.92 Å². The Morgan fingerprint density at radius 3 is 2.77 bits per heavy atom. The van der Waals surface area contributed by atoms with Gasteiger partial charge in [0, 0.05) is 44.3 Å². The molecule has 1 aliphatic rings. The second-order valence-corrected chi connectivity index (χ2v) is 6.02. The Morgan fingerprint density at radius 1 is 1.45 bits per heavy atom. The number of carbonyl (C=O) groups is 2. The number of hydrogen-bond acceptors (Lipinski definition) is 2. The molecule has 0 spiro atoms. The number of hydrogen-bond donors (Lipinski definition) is 1. The van der Waals surface area contributed by atoms with E-state index in [4.69, 9.17) is 11.6 Å². The van der Waals surface area contributed by atoms with E-state index in [0.717, 1.165) is 13.0 Å². The Hall–Kier alpha value is -1.82. The smallest absolute Gasteiger partial charge is 0.321 e. The average molecular weight is 328 g/mol. The van der Waals surface area contributed by atoms with Gasteiger partial charge in [-0.25, -0.2) is 9.18 Å². The fraction of sp³-hybridized carbons (Fsp3) is 0.467. The van der Waals surface area contributed by atoms with Crippen LogP contribution in [0.2, 0.25) is 5.02 Å². The van der Waals surface area contributed by atoms with Gasteiger partial charge < -0.3 is 15.1 Å². The van der Waals surface area contributed by atoms with Crippen LogP contribution in [0.1, 0.15) is 13.3 Å². The van der Waals surface area contributed by atoms with Crippen LogP contribution in [0, 0.1) is 11.7 Å². The van der Waals surface area contributed by atoms with Crippen molar-refractivity contribution in [2.75, 3.05) is 32.0 Å². The highest BCUT2D eigenvalue weighted by Gasteiger charge is 2.26. The van der Waals surface area contributed by atoms with Gasteiger partial charge >= 0.3 is 6.03 Å². The van der Waals surface area contributed by atoms with Crippen LogP contribution in [-0.2, 0) is 4.79 Å². The molecule has 2 rings (SSSR count). The van der Waals surface area contributed by atoms with Gasteiger partial charge in [-0.2, -0.15) is 0 Å². The first-order valence-electron chi connectivity index (χ1n) is 7.09. The first-order chi connectivity index (χ1) is 10.3. The van der Waals surface area contributed by atoms with Gasteiger partial charge in [-0.3, -0.25) is 4.79 Å². The van der Waals surface area contributed by atoms with Crippen molar-refractivity contribution in [3.8, 4) is 0 Å². The molecule has 1 N–H and O–H groups in total. The Labute approximate surface area is 134 Å². The van der Waals surface area contributed by atoms with Crippen LogP contribution in [-0.4, -0.2) is 48.4 Å². The van der Waals surface area contributed by atoms with Gasteiger partial charge in [0.15, 0.2) is 0 Å². The number of carbonyl (C=O) groups excluding carboxylic acids is 2. The number of likely N-dealkylation sites (tertiary alicyclic amines) is 1. The number of rotatable bonds is 3. The lowest BCUT2D eigenvalue weighted by Crippen LogP contribution is -2.36. The highest BCUT2D eigenvalue weighted by Crippen LogP contribution is 2.20. The molecule has 1 atom stereocenters. The lowest BCUT2D eigenvalue weighted by Gasteiger charge is -2.22. The average Bonchev–Trinajstić information content (AvgIpc) is 2.86. The van der Waals surface area contributed by atoms with Crippen LogP contribution in [0.5, 0.6) is 0 Å². The molecule has 5 nitrogen and oxygen atoms in total. The molecule has 1 heterocycles. The minimum atomic E-state index is -0.502. The molecular formula is C15H19ClFN3O2. The first kappa shape index (κ1) is 16.5. The standard InChI is InChI=1S/C15H19ClFN3O2/c1-10(21)20-4-3-11(9-20)8-19(2)15(22)18-14-6-12(16)5-13(17)7-14/h5-7,11H,3-4,8-9H2,1-2H3,(H,18,22)/t11-/m0/s1. The van der Waals surface area contributed by atoms with Crippen LogP contribution >= 0.6 is 11.6 Å². The molecule has 1 aromatic rings. The molecule has 1 aromatic carbocycles. The van der Waals surface area contributed by atoms with Gasteiger partial charge in [0.25, 0.3) is 0 Å². The summed E-state index contributed by atoms with van der Waals surface area (Å²) in [5.74, 6) is -0.182. The Bertz CT molecular complexity index is 562. The SMILES string of the molecule is CC(=O)N1CC[C@@H](CN(C)C(=O)Nc2cc(F)cc(Cl)c2)C1. The van der Waals surface area contributed by atoms with Crippen molar-refractivity contribution in [2.45, 2.75) is 13.3 Å². The summed E-state index contributed by atoms with van der Waals surface area (Å²) in [6, 6.07) is 3.55. The van der Waals surface area contributed by atoms with Crippen molar-refractivity contribution in [3.05, 3.63) is 29.0 Å². The van der Waals surface area contributed by atoms with Crippen LogP contribution in [0.3, 0.4) is 0 Å². The van der Waals surface area contributed by atoms with Crippen LogP contribution < -0.4 is 5.32 Å². The van der Waals surface area contributed by atoms with Gasteiger partial charge in [0.05, 0.1) is 0 Å². The second-order valence-electron chi connectivity index (χ2n) is 5.59. The van der Waals surface area contributed by atoms with E-state index in [-0.39, 0.29) is 22.9 Å². The molecule has 0 radical (unpaired) electrons. The number of anilines is 1. The maximum Gasteiger partial charge on any atom is 0.321 e. The summed E-state index contributed by atoms with van der Waals surface area (Å²) in [4.78, 5) is 26.7. The fourth-order valence-corrected chi connectivity index (χ4v) is 2.80. The molecule has 1 aliphatic heterocycles. The van der Waals surface area contributed by atoms with Crippen molar-refractivity contribution in [3.63, 3.8) is 0 Å². The summed E-state index contributed by atoms with van der Waals surface area (Å²) >= 11 is 5.75. The lowest BCUT2D eigenvalue weighted by atomic mass is 10.1. The van der Waals surface area contributed by atoms with Crippen molar-refractivity contribution >= 4 is 29.2 Å². The number of nitrogens with zero attached hydrogens (tertiary/aromatic N) is 2. The summed E-state index contributed by atoms with van der Waals surface area (Å²) in [5.41, 5.74) is 0.318. The van der Waals surface area contributed by atoms with Crippen molar-refractivity contribution < 1.29 is 14.0 Å². The molecule has 0 saturated carbocycles. The zero-order valence-corrected chi connectivity index (χ0v) is 13.4. The molecule has 3 amide bonds. The molecule has 0 bridgehead atoms. The molecule has 1 fully saturated rings. The third-order valence-electron chi connectivity index (χ3n) is 3.72. The van der Waals surface area contributed by atoms with E-state index in [2.05, 4.69) is 5.32 Å². The fourth-order valence-electron chi connectivity index (χ4n) is 2.58. The second kappa shape index (κ2) is 6.96. The minimum Gasteiger partial charge on any atom is -0.343 e. The molecule has 22 heavy (non-hydrogen) atoms. The lowest BCUT2D eigenvalue weighted by molar-refractivity contribution is -0.127. The summed E-state index contributed by atoms with van der Waals surface area (Å²) in [6.07, 6.45) is 0.878. The third-order valence-corrected chi connectivity index (χ3v) is 3.94. The van der Waals surface area contributed by atoms with E-state index < -0.39 is 5.82 Å². The van der Waals surface area contributed by atoms with Gasteiger partial charge in [-0.05, 0) is 30.5 Å². The Kier molecular flexibility index (Phi) is 5.24. The maximum absolute atomic E-state index is 13.2. The summed E-state index contributed by atoms with van der Waals surface area (Å²) < 4.78 is 13.2. The minimum absolute atomic E-state index is 0.0593. The summed E-state index contributed by atoms with van der Waals surface area (Å²) in [6.45, 7) is 3.48. The van der Waals surface area contributed by atoms with Gasteiger partial charge in [0.2, 0.25) is 5.91 Å². The largest absolute Gasteiger partial charge is 0.343 e. The normalized spacial score (nSPS) is 17.5. The quantitative estimate of drug-likeness (QED) is 0.928. The van der Waals surface area contributed by atoms with Gasteiger partial charge in [-0.1, -0.05) is 11.6 Å². The molecule has 0 aromatic heterocycles. The third kappa shape index (κ3) is 4.34. The van der Waals surface area contributed by atoms with Crippen molar-refractivity contribution in [1.82, 2.24) is 9.80 Å². The van der Waals surface area contributed by atoms with Crippen LogP contribution in [0.15, 0.2) is 18.2 Å². The van der Waals surface area contributed by atoms with Crippen LogP contribution in [0.25, 0.3) is 0 Å². The number of benzene rings is 1. The number of nitrogens with one attached hydrogen (secondary N) is 1. The van der Waals surface area contributed by atoms with E-state index in [1.54, 1.807) is 18.9 Å². The Balaban J connectivity index is 1.88. The predicted molar refractivity (Wildman–Crippen MR) is 83.4 cm³/mol. The van der Waals surface area contributed by atoms with Crippen LogP contribution in [0.4, 0.5) is 14.9 Å². The number of urea groups is 1. The summed E-state index contributed by atoms with van der Waals surface area (Å²) in [7, 11) is 1.67. The van der Waals surface area contributed by atoms with Gasteiger partial charge in [0.1, 0.15) is 5.82 Å². The monoisotopic (exact) mass is 327 g/mol. The molecule has 120 valence electrons. The molecule has 1 saturated heterocycles. The van der Waals surface area contributed by atoms with E-state index in [1.807, 2.05) is 0 Å². The molecule has 0 aliphatic carbocycles. The number of halogens is 2. The Morgan fingerprint density at radius 2 is 2.18 bits per heavy atom. The van der Waals surface area contributed by atoms with E-state index in [1.165, 1.54) is 23.1 Å².